The largest absolute Gasteiger partial charge is 0.465 e. The number of aliphatic hydroxyl groups is 2. The highest BCUT2D eigenvalue weighted by Gasteiger charge is 2.37. The summed E-state index contributed by atoms with van der Waals surface area (Å²) in [6, 6.07) is 14.2. The molecule has 26 heavy (non-hydrogen) atoms. The van der Waals surface area contributed by atoms with Crippen LogP contribution in [0.4, 0.5) is 0 Å². The van der Waals surface area contributed by atoms with Gasteiger partial charge >= 0.3 is 5.97 Å². The summed E-state index contributed by atoms with van der Waals surface area (Å²) < 4.78 is 4.68. The number of esters is 1. The van der Waals surface area contributed by atoms with Gasteiger partial charge in [0.15, 0.2) is 0 Å². The van der Waals surface area contributed by atoms with Crippen molar-refractivity contribution in [1.82, 2.24) is 4.90 Å². The van der Waals surface area contributed by atoms with Gasteiger partial charge in [0.25, 0.3) is 5.91 Å². The van der Waals surface area contributed by atoms with E-state index in [1.54, 1.807) is 29.2 Å². The van der Waals surface area contributed by atoms with Gasteiger partial charge < -0.3 is 19.8 Å². The number of methoxy groups -OCH3 is 1. The summed E-state index contributed by atoms with van der Waals surface area (Å²) in [6.07, 6.45) is 0.375. The third-order valence-electron chi connectivity index (χ3n) is 4.68. The first-order valence-electron chi connectivity index (χ1n) is 8.37. The first-order valence-corrected chi connectivity index (χ1v) is 8.37. The highest BCUT2D eigenvalue weighted by Crippen LogP contribution is 2.24. The molecule has 2 N–H and O–H groups in total. The minimum atomic E-state index is -1.20. The number of hydrogen-bond acceptors (Lipinski definition) is 5. The van der Waals surface area contributed by atoms with Gasteiger partial charge in [-0.15, -0.1) is 0 Å². The van der Waals surface area contributed by atoms with Gasteiger partial charge in [0.05, 0.1) is 25.8 Å². The van der Waals surface area contributed by atoms with E-state index in [0.29, 0.717) is 24.1 Å². The first kappa shape index (κ1) is 18.1. The van der Waals surface area contributed by atoms with E-state index in [2.05, 4.69) is 4.74 Å². The van der Waals surface area contributed by atoms with Gasteiger partial charge in [-0.25, -0.2) is 4.79 Å². The summed E-state index contributed by atoms with van der Waals surface area (Å²) in [5.41, 5.74) is 1.66. The van der Waals surface area contributed by atoms with Gasteiger partial charge in [0.1, 0.15) is 5.60 Å². The van der Waals surface area contributed by atoms with E-state index in [1.165, 1.54) is 7.11 Å². The lowest BCUT2D eigenvalue weighted by Crippen LogP contribution is -2.38. The zero-order valence-electron chi connectivity index (χ0n) is 14.5. The summed E-state index contributed by atoms with van der Waals surface area (Å²) in [7, 11) is 1.34. The van der Waals surface area contributed by atoms with Gasteiger partial charge in [-0.1, -0.05) is 24.3 Å². The molecule has 0 aromatic heterocycles. The molecule has 6 heteroatoms. The van der Waals surface area contributed by atoms with E-state index in [4.69, 9.17) is 0 Å². The van der Waals surface area contributed by atoms with E-state index >= 15 is 0 Å². The summed E-state index contributed by atoms with van der Waals surface area (Å²) in [4.78, 5) is 25.6. The van der Waals surface area contributed by atoms with E-state index in [-0.39, 0.29) is 25.0 Å². The van der Waals surface area contributed by atoms with Crippen molar-refractivity contribution in [3.63, 3.8) is 0 Å². The fraction of sp³-hybridized carbons (Fsp3) is 0.300. The van der Waals surface area contributed by atoms with Crippen LogP contribution in [0.15, 0.2) is 48.5 Å². The SMILES string of the molecule is COC(=O)c1ccc(-c2ccc(C(=O)N3CC[C@](O)(CO)C3)cc2)cc1. The number of ether oxygens (including phenoxy) is 1. The van der Waals surface area contributed by atoms with Gasteiger partial charge in [-0.2, -0.15) is 0 Å². The molecular formula is C20H21NO5. The molecule has 0 spiro atoms. The molecule has 1 saturated heterocycles. The van der Waals surface area contributed by atoms with Crippen LogP contribution in [0.25, 0.3) is 11.1 Å². The van der Waals surface area contributed by atoms with Gasteiger partial charge in [-0.05, 0) is 41.8 Å². The number of amides is 1. The minimum absolute atomic E-state index is 0.138. The summed E-state index contributed by atoms with van der Waals surface area (Å²) in [5, 5.41) is 19.3. The zero-order valence-corrected chi connectivity index (χ0v) is 14.5. The maximum absolute atomic E-state index is 12.5. The second kappa shape index (κ2) is 7.27. The predicted molar refractivity (Wildman–Crippen MR) is 95.8 cm³/mol. The lowest BCUT2D eigenvalue weighted by Gasteiger charge is -2.21. The van der Waals surface area contributed by atoms with Crippen molar-refractivity contribution in [3.05, 3.63) is 59.7 Å². The molecule has 1 aliphatic heterocycles. The van der Waals surface area contributed by atoms with Crippen LogP contribution < -0.4 is 0 Å². The Hall–Kier alpha value is -2.70. The van der Waals surface area contributed by atoms with Crippen molar-refractivity contribution < 1.29 is 24.5 Å². The van der Waals surface area contributed by atoms with Crippen molar-refractivity contribution in [1.29, 1.82) is 0 Å². The Balaban J connectivity index is 1.72. The molecule has 0 radical (unpaired) electrons. The molecule has 6 nitrogen and oxygen atoms in total. The number of likely N-dealkylation sites (tertiary alicyclic amines) is 1. The second-order valence-electron chi connectivity index (χ2n) is 6.51. The molecule has 2 aromatic carbocycles. The van der Waals surface area contributed by atoms with E-state index < -0.39 is 5.60 Å². The highest BCUT2D eigenvalue weighted by molar-refractivity contribution is 5.95. The number of hydrogen-bond donors (Lipinski definition) is 2. The fourth-order valence-electron chi connectivity index (χ4n) is 3.06. The number of carbonyl (C=O) groups is 2. The zero-order chi connectivity index (χ0) is 18.7. The quantitative estimate of drug-likeness (QED) is 0.816. The number of aliphatic hydroxyl groups excluding tert-OH is 1. The molecule has 1 amide bonds. The number of carbonyl (C=O) groups excluding carboxylic acids is 2. The number of β-amino-alcohol motifs (C(OH)–C–C–N with tert-alkyl or cyclic N) is 1. The Kier molecular flexibility index (Phi) is 5.06. The first-order chi connectivity index (χ1) is 12.5. The van der Waals surface area contributed by atoms with E-state index in [9.17, 15) is 19.8 Å². The maximum Gasteiger partial charge on any atom is 0.337 e. The third-order valence-corrected chi connectivity index (χ3v) is 4.68. The fourth-order valence-corrected chi connectivity index (χ4v) is 3.06. The second-order valence-corrected chi connectivity index (χ2v) is 6.51. The topological polar surface area (TPSA) is 87.1 Å². The van der Waals surface area contributed by atoms with Crippen molar-refractivity contribution in [2.45, 2.75) is 12.0 Å². The monoisotopic (exact) mass is 355 g/mol. The molecule has 3 rings (SSSR count). The lowest BCUT2D eigenvalue weighted by atomic mass is 10.0. The summed E-state index contributed by atoms with van der Waals surface area (Å²) in [5.74, 6) is -0.548. The molecule has 0 unspecified atom stereocenters. The minimum Gasteiger partial charge on any atom is -0.465 e. The van der Waals surface area contributed by atoms with E-state index in [1.807, 2.05) is 24.3 Å². The van der Waals surface area contributed by atoms with Crippen molar-refractivity contribution in [3.8, 4) is 11.1 Å². The van der Waals surface area contributed by atoms with Gasteiger partial charge in [0.2, 0.25) is 0 Å². The predicted octanol–water partition coefficient (Wildman–Crippen LogP) is 1.71. The average Bonchev–Trinajstić information content (AvgIpc) is 3.10. The Morgan fingerprint density at radius 2 is 1.58 bits per heavy atom. The smallest absolute Gasteiger partial charge is 0.337 e. The molecule has 0 aliphatic carbocycles. The third kappa shape index (κ3) is 3.61. The lowest BCUT2D eigenvalue weighted by molar-refractivity contribution is -0.00455. The van der Waals surface area contributed by atoms with Crippen molar-refractivity contribution >= 4 is 11.9 Å². The van der Waals surface area contributed by atoms with E-state index in [0.717, 1.165) is 11.1 Å². The van der Waals surface area contributed by atoms with Crippen molar-refractivity contribution in [2.75, 3.05) is 26.8 Å². The van der Waals surface area contributed by atoms with Crippen LogP contribution in [0, 0.1) is 0 Å². The molecular weight excluding hydrogens is 334 g/mol. The Morgan fingerprint density at radius 3 is 2.04 bits per heavy atom. The van der Waals surface area contributed by atoms with Crippen LogP contribution in [0.1, 0.15) is 27.1 Å². The molecule has 1 atom stereocenters. The van der Waals surface area contributed by atoms with Crippen molar-refractivity contribution in [2.24, 2.45) is 0 Å². The maximum atomic E-state index is 12.5. The molecule has 0 bridgehead atoms. The van der Waals surface area contributed by atoms with Crippen LogP contribution in [-0.4, -0.2) is 59.4 Å². The molecule has 2 aromatic rings. The summed E-state index contributed by atoms with van der Waals surface area (Å²) in [6.45, 7) is 0.211. The highest BCUT2D eigenvalue weighted by atomic mass is 16.5. The van der Waals surface area contributed by atoms with Crippen LogP contribution in [0.2, 0.25) is 0 Å². The molecule has 1 fully saturated rings. The average molecular weight is 355 g/mol. The standard InChI is InChI=1S/C20H21NO5/c1-26-19(24)17-8-4-15(5-9-17)14-2-6-16(7-3-14)18(23)21-11-10-20(25,12-21)13-22/h2-9,22,25H,10-13H2,1H3/t20-/m1/s1. The van der Waals surface area contributed by atoms with Crippen LogP contribution in [0.3, 0.4) is 0 Å². The van der Waals surface area contributed by atoms with Gasteiger partial charge in [-0.3, -0.25) is 4.79 Å². The molecule has 136 valence electrons. The van der Waals surface area contributed by atoms with Crippen LogP contribution in [0.5, 0.6) is 0 Å². The Morgan fingerprint density at radius 1 is 1.04 bits per heavy atom. The van der Waals surface area contributed by atoms with Crippen LogP contribution >= 0.6 is 0 Å². The molecule has 0 saturated carbocycles. The summed E-state index contributed by atoms with van der Waals surface area (Å²) >= 11 is 0. The number of benzene rings is 2. The molecule has 1 heterocycles. The Bertz CT molecular complexity index is 800. The van der Waals surface area contributed by atoms with Gasteiger partial charge in [0, 0.05) is 12.1 Å². The number of rotatable bonds is 4. The van der Waals surface area contributed by atoms with Crippen LogP contribution in [-0.2, 0) is 4.74 Å². The normalized spacial score (nSPS) is 19.4. The number of nitrogens with zero attached hydrogens (tertiary/aromatic N) is 1. The Labute approximate surface area is 151 Å². The molecule has 1 aliphatic rings.